The molecule has 1 aromatic carbocycles. The molecule has 0 atom stereocenters. The van der Waals surface area contributed by atoms with Crippen molar-refractivity contribution in [3.63, 3.8) is 0 Å². The molecule has 1 aromatic rings. The third kappa shape index (κ3) is 1.60. The van der Waals surface area contributed by atoms with Gasteiger partial charge in [-0.2, -0.15) is 0 Å². The summed E-state index contributed by atoms with van der Waals surface area (Å²) in [6.45, 7) is 0.791. The first-order valence-corrected chi connectivity index (χ1v) is 5.13. The highest BCUT2D eigenvalue weighted by Crippen LogP contribution is 2.39. The highest BCUT2D eigenvalue weighted by molar-refractivity contribution is 5.89. The van der Waals surface area contributed by atoms with E-state index in [0.29, 0.717) is 5.75 Å². The van der Waals surface area contributed by atoms with Crippen molar-refractivity contribution in [1.29, 1.82) is 0 Å². The van der Waals surface area contributed by atoms with Crippen molar-refractivity contribution in [2.24, 2.45) is 4.99 Å². The van der Waals surface area contributed by atoms with Gasteiger partial charge in [0.15, 0.2) is 11.5 Å². The Bertz CT molecular complexity index is 427. The maximum absolute atomic E-state index is 5.36. The summed E-state index contributed by atoms with van der Waals surface area (Å²) in [6, 6.07) is 1.86. The molecule has 0 fully saturated rings. The van der Waals surface area contributed by atoms with Crippen LogP contribution in [0.3, 0.4) is 0 Å². The van der Waals surface area contributed by atoms with Gasteiger partial charge < -0.3 is 14.2 Å². The fourth-order valence-corrected chi connectivity index (χ4v) is 1.95. The molecule has 0 bridgehead atoms. The largest absolute Gasteiger partial charge is 0.496 e. The molecule has 0 radical (unpaired) electrons. The van der Waals surface area contributed by atoms with Gasteiger partial charge in [-0.15, -0.1) is 0 Å². The van der Waals surface area contributed by atoms with Crippen LogP contribution >= 0.6 is 0 Å². The van der Waals surface area contributed by atoms with Crippen LogP contribution in [0.5, 0.6) is 17.2 Å². The van der Waals surface area contributed by atoms with Gasteiger partial charge in [0, 0.05) is 30.0 Å². The first-order chi connectivity index (χ1) is 7.81. The van der Waals surface area contributed by atoms with E-state index >= 15 is 0 Å². The second-order valence-electron chi connectivity index (χ2n) is 3.49. The monoisotopic (exact) mass is 221 g/mol. The van der Waals surface area contributed by atoms with Crippen molar-refractivity contribution in [2.75, 3.05) is 27.9 Å². The number of hydrogen-bond donors (Lipinski definition) is 0. The van der Waals surface area contributed by atoms with Gasteiger partial charge in [0.25, 0.3) is 0 Å². The molecule has 4 heteroatoms. The second-order valence-corrected chi connectivity index (χ2v) is 3.49. The lowest BCUT2D eigenvalue weighted by Gasteiger charge is -2.19. The lowest BCUT2D eigenvalue weighted by molar-refractivity contribution is 0.347. The number of fused-ring (bicyclic) bond motifs is 1. The van der Waals surface area contributed by atoms with Crippen LogP contribution in [-0.4, -0.2) is 34.1 Å². The van der Waals surface area contributed by atoms with Gasteiger partial charge >= 0.3 is 0 Å². The quantitative estimate of drug-likeness (QED) is 0.779. The molecule has 4 nitrogen and oxygen atoms in total. The lowest BCUT2D eigenvalue weighted by atomic mass is 10.00. The Labute approximate surface area is 94.9 Å². The predicted octanol–water partition coefficient (Wildman–Crippen LogP) is 1.69. The maximum atomic E-state index is 5.36. The molecular formula is C12H15NO3. The molecule has 0 saturated heterocycles. The maximum Gasteiger partial charge on any atom is 0.170 e. The minimum atomic E-state index is 0.673. The summed E-state index contributed by atoms with van der Waals surface area (Å²) in [5, 5.41) is 0. The van der Waals surface area contributed by atoms with Gasteiger partial charge in [0.2, 0.25) is 0 Å². The molecule has 1 heterocycles. The van der Waals surface area contributed by atoms with Crippen molar-refractivity contribution in [3.8, 4) is 17.2 Å². The minimum Gasteiger partial charge on any atom is -0.496 e. The first kappa shape index (κ1) is 10.8. The van der Waals surface area contributed by atoms with E-state index in [4.69, 9.17) is 14.2 Å². The van der Waals surface area contributed by atoms with E-state index in [1.54, 1.807) is 21.3 Å². The molecule has 0 amide bonds. The molecular weight excluding hydrogens is 206 g/mol. The van der Waals surface area contributed by atoms with Gasteiger partial charge in [-0.25, -0.2) is 0 Å². The summed E-state index contributed by atoms with van der Waals surface area (Å²) >= 11 is 0. The molecule has 0 aromatic heterocycles. The van der Waals surface area contributed by atoms with Crippen LogP contribution in [0.2, 0.25) is 0 Å². The summed E-state index contributed by atoms with van der Waals surface area (Å²) < 4.78 is 16.0. The van der Waals surface area contributed by atoms with E-state index in [9.17, 15) is 0 Å². The molecule has 0 aliphatic carbocycles. The van der Waals surface area contributed by atoms with Crippen LogP contribution in [-0.2, 0) is 6.42 Å². The summed E-state index contributed by atoms with van der Waals surface area (Å²) in [6.07, 6.45) is 2.69. The molecule has 0 saturated carbocycles. The Morgan fingerprint density at radius 1 is 1.06 bits per heavy atom. The minimum absolute atomic E-state index is 0.673. The van der Waals surface area contributed by atoms with Crippen LogP contribution in [0.4, 0.5) is 0 Å². The molecule has 1 aliphatic rings. The summed E-state index contributed by atoms with van der Waals surface area (Å²) in [4.78, 5) is 4.26. The molecule has 16 heavy (non-hydrogen) atoms. The average Bonchev–Trinajstić information content (AvgIpc) is 2.36. The molecule has 0 unspecified atom stereocenters. The van der Waals surface area contributed by atoms with E-state index < -0.39 is 0 Å². The van der Waals surface area contributed by atoms with Gasteiger partial charge in [0.1, 0.15) is 5.75 Å². The lowest BCUT2D eigenvalue weighted by Crippen LogP contribution is -2.08. The van der Waals surface area contributed by atoms with E-state index in [2.05, 4.69) is 4.99 Å². The Morgan fingerprint density at radius 2 is 1.81 bits per heavy atom. The van der Waals surface area contributed by atoms with Crippen LogP contribution in [0, 0.1) is 0 Å². The molecule has 0 N–H and O–H groups in total. The van der Waals surface area contributed by atoms with Crippen molar-refractivity contribution < 1.29 is 14.2 Å². The summed E-state index contributed by atoms with van der Waals surface area (Å²) in [5.41, 5.74) is 2.10. The Morgan fingerprint density at radius 3 is 2.44 bits per heavy atom. The highest BCUT2D eigenvalue weighted by Gasteiger charge is 2.20. The normalized spacial score (nSPS) is 13.2. The topological polar surface area (TPSA) is 40.0 Å². The van der Waals surface area contributed by atoms with Crippen LogP contribution in [0.15, 0.2) is 11.1 Å². The van der Waals surface area contributed by atoms with E-state index in [0.717, 1.165) is 35.6 Å². The zero-order valence-electron chi connectivity index (χ0n) is 9.74. The van der Waals surface area contributed by atoms with Gasteiger partial charge in [0.05, 0.1) is 21.3 Å². The fourth-order valence-electron chi connectivity index (χ4n) is 1.95. The highest BCUT2D eigenvalue weighted by atomic mass is 16.5. The third-order valence-electron chi connectivity index (χ3n) is 2.71. The van der Waals surface area contributed by atoms with Crippen molar-refractivity contribution >= 4 is 6.21 Å². The number of methoxy groups -OCH3 is 3. The molecule has 2 rings (SSSR count). The van der Waals surface area contributed by atoms with Gasteiger partial charge in [-0.05, 0) is 6.42 Å². The molecule has 1 aliphatic heterocycles. The molecule has 0 spiro atoms. The van der Waals surface area contributed by atoms with E-state index in [-0.39, 0.29) is 0 Å². The fraction of sp³-hybridized carbons (Fsp3) is 0.417. The van der Waals surface area contributed by atoms with Gasteiger partial charge in [-0.3, -0.25) is 4.99 Å². The average molecular weight is 221 g/mol. The smallest absolute Gasteiger partial charge is 0.170 e. The first-order valence-electron chi connectivity index (χ1n) is 5.13. The number of ether oxygens (including phenoxy) is 3. The van der Waals surface area contributed by atoms with E-state index in [1.807, 2.05) is 12.3 Å². The Kier molecular flexibility index (Phi) is 2.99. The second kappa shape index (κ2) is 4.43. The molecule has 86 valence electrons. The number of aliphatic imine (C=N–C) groups is 1. The number of hydrogen-bond acceptors (Lipinski definition) is 4. The predicted molar refractivity (Wildman–Crippen MR) is 62.3 cm³/mol. The number of rotatable bonds is 3. The Balaban J connectivity index is 2.66. The zero-order valence-corrected chi connectivity index (χ0v) is 9.74. The van der Waals surface area contributed by atoms with Gasteiger partial charge in [-0.1, -0.05) is 0 Å². The number of nitrogens with zero attached hydrogens (tertiary/aromatic N) is 1. The SMILES string of the molecule is COc1cc(OC)c(OC)c2c1CCN=C2. The third-order valence-corrected chi connectivity index (χ3v) is 2.71. The van der Waals surface area contributed by atoms with Crippen LogP contribution < -0.4 is 14.2 Å². The Hall–Kier alpha value is -1.71. The zero-order chi connectivity index (χ0) is 11.5. The van der Waals surface area contributed by atoms with E-state index in [1.165, 1.54) is 0 Å². The number of benzene rings is 1. The summed E-state index contributed by atoms with van der Waals surface area (Å²) in [5.74, 6) is 2.23. The van der Waals surface area contributed by atoms with Crippen LogP contribution in [0.25, 0.3) is 0 Å². The summed E-state index contributed by atoms with van der Waals surface area (Å²) in [7, 11) is 4.91. The van der Waals surface area contributed by atoms with Crippen LogP contribution in [0.1, 0.15) is 11.1 Å². The standard InChI is InChI=1S/C12H15NO3/c1-14-10-6-11(15-2)12(16-3)9-7-13-5-4-8(9)10/h6-7H,4-5H2,1-3H3. The van der Waals surface area contributed by atoms with Crippen molar-refractivity contribution in [3.05, 3.63) is 17.2 Å². The van der Waals surface area contributed by atoms with Crippen molar-refractivity contribution in [1.82, 2.24) is 0 Å². The van der Waals surface area contributed by atoms with Crippen molar-refractivity contribution in [2.45, 2.75) is 6.42 Å².